The van der Waals surface area contributed by atoms with Crippen molar-refractivity contribution in [2.45, 2.75) is 44.5 Å². The standard InChI is InChI=1S/C23H21F5N4O/c24-15-9-10-19(18(25)12-15)30-21-13-20(14-5-4-8-17(11-14)33-23(26,27)28)31-22(32-21)29-16-6-2-1-3-7-16/h4-5,8-13,16H,1-3,6-7H2,(H2,29,30,31,32). The summed E-state index contributed by atoms with van der Waals surface area (Å²) in [5.41, 5.74) is 0.660. The summed E-state index contributed by atoms with van der Waals surface area (Å²) in [5.74, 6) is -1.46. The average molecular weight is 464 g/mol. The van der Waals surface area contributed by atoms with Crippen molar-refractivity contribution in [2.24, 2.45) is 0 Å². The molecule has 5 nitrogen and oxygen atoms in total. The molecule has 0 saturated heterocycles. The molecular formula is C23H21F5N4O. The van der Waals surface area contributed by atoms with Crippen molar-refractivity contribution in [3.05, 3.63) is 60.2 Å². The zero-order valence-electron chi connectivity index (χ0n) is 17.4. The molecule has 0 bridgehead atoms. The van der Waals surface area contributed by atoms with Crippen LogP contribution in [0.15, 0.2) is 48.5 Å². The van der Waals surface area contributed by atoms with Gasteiger partial charge in [-0.2, -0.15) is 4.98 Å². The highest BCUT2D eigenvalue weighted by Crippen LogP contribution is 2.30. The monoisotopic (exact) mass is 464 g/mol. The lowest BCUT2D eigenvalue weighted by Crippen LogP contribution is -2.23. The first-order chi connectivity index (χ1) is 15.7. The van der Waals surface area contributed by atoms with E-state index in [-0.39, 0.29) is 29.2 Å². The van der Waals surface area contributed by atoms with Crippen molar-refractivity contribution in [2.75, 3.05) is 10.6 Å². The molecule has 0 amide bonds. The molecule has 0 radical (unpaired) electrons. The maximum atomic E-state index is 14.2. The first-order valence-corrected chi connectivity index (χ1v) is 10.5. The van der Waals surface area contributed by atoms with Crippen molar-refractivity contribution in [3.8, 4) is 17.0 Å². The Balaban J connectivity index is 1.68. The molecule has 2 aromatic carbocycles. The molecule has 1 fully saturated rings. The van der Waals surface area contributed by atoms with E-state index in [1.807, 2.05) is 0 Å². The van der Waals surface area contributed by atoms with Crippen LogP contribution in [0.25, 0.3) is 11.3 Å². The fourth-order valence-corrected chi connectivity index (χ4v) is 3.73. The quantitative estimate of drug-likeness (QED) is 0.393. The molecule has 4 rings (SSSR count). The Morgan fingerprint density at radius 1 is 0.909 bits per heavy atom. The van der Waals surface area contributed by atoms with Crippen LogP contribution in [0.1, 0.15) is 32.1 Å². The zero-order valence-corrected chi connectivity index (χ0v) is 17.4. The molecular weight excluding hydrogens is 443 g/mol. The van der Waals surface area contributed by atoms with E-state index < -0.39 is 18.0 Å². The highest BCUT2D eigenvalue weighted by molar-refractivity contribution is 5.68. The number of ether oxygens (including phenoxy) is 1. The van der Waals surface area contributed by atoms with Crippen molar-refractivity contribution < 1.29 is 26.7 Å². The second-order valence-electron chi connectivity index (χ2n) is 7.77. The van der Waals surface area contributed by atoms with E-state index in [0.29, 0.717) is 11.3 Å². The van der Waals surface area contributed by atoms with Crippen molar-refractivity contribution in [1.29, 1.82) is 0 Å². The van der Waals surface area contributed by atoms with Crippen LogP contribution in [0.2, 0.25) is 0 Å². The molecule has 3 aromatic rings. The first kappa shape index (κ1) is 22.8. The first-order valence-electron chi connectivity index (χ1n) is 10.5. The molecule has 174 valence electrons. The Hall–Kier alpha value is -3.43. The summed E-state index contributed by atoms with van der Waals surface area (Å²) in [4.78, 5) is 8.85. The highest BCUT2D eigenvalue weighted by Gasteiger charge is 2.31. The van der Waals surface area contributed by atoms with Gasteiger partial charge in [-0.15, -0.1) is 13.2 Å². The van der Waals surface area contributed by atoms with Crippen LogP contribution in [-0.4, -0.2) is 22.4 Å². The topological polar surface area (TPSA) is 59.1 Å². The third kappa shape index (κ3) is 6.30. The molecule has 1 aliphatic carbocycles. The van der Waals surface area contributed by atoms with E-state index in [2.05, 4.69) is 25.3 Å². The van der Waals surface area contributed by atoms with Gasteiger partial charge in [0.2, 0.25) is 5.95 Å². The van der Waals surface area contributed by atoms with Gasteiger partial charge in [0.25, 0.3) is 0 Å². The average Bonchev–Trinajstić information content (AvgIpc) is 2.75. The minimum absolute atomic E-state index is 0.00109. The molecule has 2 N–H and O–H groups in total. The Morgan fingerprint density at radius 2 is 1.70 bits per heavy atom. The second-order valence-corrected chi connectivity index (χ2v) is 7.77. The fraction of sp³-hybridized carbons (Fsp3) is 0.304. The van der Waals surface area contributed by atoms with E-state index in [4.69, 9.17) is 0 Å². The van der Waals surface area contributed by atoms with Crippen LogP contribution in [0.4, 0.5) is 39.4 Å². The van der Waals surface area contributed by atoms with Gasteiger partial charge in [-0.1, -0.05) is 31.4 Å². The van der Waals surface area contributed by atoms with Crippen LogP contribution in [-0.2, 0) is 0 Å². The summed E-state index contributed by atoms with van der Waals surface area (Å²) in [6.45, 7) is 0. The Bertz CT molecular complexity index is 1120. The van der Waals surface area contributed by atoms with Gasteiger partial charge in [0.1, 0.15) is 23.2 Å². The number of halogens is 5. The van der Waals surface area contributed by atoms with Gasteiger partial charge >= 0.3 is 6.36 Å². The minimum atomic E-state index is -4.83. The summed E-state index contributed by atoms with van der Waals surface area (Å²) >= 11 is 0. The summed E-state index contributed by atoms with van der Waals surface area (Å²) in [5, 5.41) is 6.06. The van der Waals surface area contributed by atoms with Gasteiger partial charge in [0.15, 0.2) is 0 Å². The van der Waals surface area contributed by atoms with E-state index in [9.17, 15) is 22.0 Å². The van der Waals surface area contributed by atoms with Crippen LogP contribution >= 0.6 is 0 Å². The highest BCUT2D eigenvalue weighted by atomic mass is 19.4. The number of rotatable bonds is 6. The normalized spacial score (nSPS) is 14.7. The van der Waals surface area contributed by atoms with Gasteiger partial charge in [-0.05, 0) is 37.1 Å². The number of hydrogen-bond acceptors (Lipinski definition) is 5. The lowest BCUT2D eigenvalue weighted by atomic mass is 9.96. The summed E-state index contributed by atoms with van der Waals surface area (Å²) in [6, 6.07) is 10.1. The number of alkyl halides is 3. The Morgan fingerprint density at radius 3 is 2.42 bits per heavy atom. The van der Waals surface area contributed by atoms with Gasteiger partial charge in [0.05, 0.1) is 11.4 Å². The zero-order chi connectivity index (χ0) is 23.4. The predicted molar refractivity (Wildman–Crippen MR) is 114 cm³/mol. The van der Waals surface area contributed by atoms with Crippen molar-refractivity contribution in [1.82, 2.24) is 9.97 Å². The summed E-state index contributed by atoms with van der Waals surface area (Å²) in [7, 11) is 0. The molecule has 1 aliphatic rings. The molecule has 1 saturated carbocycles. The van der Waals surface area contributed by atoms with Crippen LogP contribution in [0, 0.1) is 11.6 Å². The molecule has 10 heteroatoms. The third-order valence-electron chi connectivity index (χ3n) is 5.22. The van der Waals surface area contributed by atoms with Crippen molar-refractivity contribution >= 4 is 17.5 Å². The molecule has 0 spiro atoms. The molecule has 0 unspecified atom stereocenters. The maximum absolute atomic E-state index is 14.2. The van der Waals surface area contributed by atoms with Crippen LogP contribution in [0.5, 0.6) is 5.75 Å². The maximum Gasteiger partial charge on any atom is 0.573 e. The molecule has 0 atom stereocenters. The number of hydrogen-bond donors (Lipinski definition) is 2. The second kappa shape index (κ2) is 9.60. The number of nitrogens with one attached hydrogen (secondary N) is 2. The SMILES string of the molecule is Fc1ccc(Nc2cc(-c3cccc(OC(F)(F)F)c3)nc(NC3CCCCC3)n2)c(F)c1. The summed E-state index contributed by atoms with van der Waals surface area (Å²) < 4.78 is 69.4. The fourth-order valence-electron chi connectivity index (χ4n) is 3.73. The van der Waals surface area contributed by atoms with Crippen LogP contribution < -0.4 is 15.4 Å². The van der Waals surface area contributed by atoms with E-state index in [0.717, 1.165) is 44.2 Å². The van der Waals surface area contributed by atoms with Gasteiger partial charge in [-0.25, -0.2) is 13.8 Å². The number of nitrogens with zero attached hydrogens (tertiary/aromatic N) is 2. The van der Waals surface area contributed by atoms with Crippen molar-refractivity contribution in [3.63, 3.8) is 0 Å². The van der Waals surface area contributed by atoms with E-state index in [1.165, 1.54) is 30.3 Å². The van der Waals surface area contributed by atoms with E-state index in [1.54, 1.807) is 6.07 Å². The summed E-state index contributed by atoms with van der Waals surface area (Å²) in [6.07, 6.45) is 0.350. The minimum Gasteiger partial charge on any atom is -0.406 e. The smallest absolute Gasteiger partial charge is 0.406 e. The molecule has 1 heterocycles. The Kier molecular flexibility index (Phi) is 6.62. The lowest BCUT2D eigenvalue weighted by Gasteiger charge is -2.23. The van der Waals surface area contributed by atoms with Gasteiger partial charge in [-0.3, -0.25) is 0 Å². The van der Waals surface area contributed by atoms with Gasteiger partial charge in [0, 0.05) is 23.7 Å². The number of benzene rings is 2. The van der Waals surface area contributed by atoms with E-state index >= 15 is 0 Å². The Labute approximate surface area is 187 Å². The largest absolute Gasteiger partial charge is 0.573 e. The van der Waals surface area contributed by atoms with Gasteiger partial charge < -0.3 is 15.4 Å². The molecule has 33 heavy (non-hydrogen) atoms. The third-order valence-corrected chi connectivity index (χ3v) is 5.22. The number of anilines is 3. The lowest BCUT2D eigenvalue weighted by molar-refractivity contribution is -0.274. The molecule has 0 aliphatic heterocycles. The number of aromatic nitrogens is 2. The predicted octanol–water partition coefficient (Wildman–Crippen LogP) is 6.81. The molecule has 1 aromatic heterocycles. The van der Waals surface area contributed by atoms with Crippen LogP contribution in [0.3, 0.4) is 0 Å².